The van der Waals surface area contributed by atoms with E-state index < -0.39 is 0 Å². The molecule has 5 heteroatoms. The number of rotatable bonds is 7. The lowest BCUT2D eigenvalue weighted by Crippen LogP contribution is -2.10. The first kappa shape index (κ1) is 12.1. The van der Waals surface area contributed by atoms with Gasteiger partial charge in [0.15, 0.2) is 5.82 Å². The van der Waals surface area contributed by atoms with Crippen LogP contribution in [0.2, 0.25) is 0 Å². The van der Waals surface area contributed by atoms with Gasteiger partial charge in [0.25, 0.3) is 0 Å². The zero-order valence-corrected chi connectivity index (χ0v) is 9.40. The molecule has 1 atom stereocenters. The number of ether oxygens (including phenoxy) is 1. The van der Waals surface area contributed by atoms with Crippen molar-refractivity contribution in [1.82, 2.24) is 10.1 Å². The molecule has 0 fully saturated rings. The minimum Gasteiger partial charge on any atom is -0.382 e. The van der Waals surface area contributed by atoms with Crippen molar-refractivity contribution in [2.24, 2.45) is 5.73 Å². The van der Waals surface area contributed by atoms with E-state index in [1.54, 1.807) is 0 Å². The van der Waals surface area contributed by atoms with Gasteiger partial charge in [0.1, 0.15) is 0 Å². The van der Waals surface area contributed by atoms with Crippen molar-refractivity contribution in [2.75, 3.05) is 13.2 Å². The fourth-order valence-electron chi connectivity index (χ4n) is 1.17. The van der Waals surface area contributed by atoms with Crippen LogP contribution in [-0.4, -0.2) is 23.4 Å². The molecule has 1 aromatic rings. The summed E-state index contributed by atoms with van der Waals surface area (Å²) in [6.07, 6.45) is 2.47. The monoisotopic (exact) mass is 213 g/mol. The highest BCUT2D eigenvalue weighted by molar-refractivity contribution is 4.92. The van der Waals surface area contributed by atoms with Crippen LogP contribution in [0.3, 0.4) is 0 Å². The van der Waals surface area contributed by atoms with E-state index in [4.69, 9.17) is 15.0 Å². The molecule has 2 N–H and O–H groups in total. The van der Waals surface area contributed by atoms with Gasteiger partial charge in [-0.15, -0.1) is 0 Å². The molecule has 0 aliphatic rings. The Balaban J connectivity index is 2.33. The van der Waals surface area contributed by atoms with Crippen molar-refractivity contribution in [3.05, 3.63) is 11.7 Å². The van der Waals surface area contributed by atoms with Crippen LogP contribution in [0, 0.1) is 0 Å². The van der Waals surface area contributed by atoms with Crippen LogP contribution in [-0.2, 0) is 11.2 Å². The number of nitrogens with zero attached hydrogens (tertiary/aromatic N) is 2. The van der Waals surface area contributed by atoms with E-state index in [1.807, 2.05) is 13.8 Å². The molecule has 0 aromatic carbocycles. The fraction of sp³-hybridized carbons (Fsp3) is 0.800. The molecule has 0 amide bonds. The maximum atomic E-state index is 5.77. The standard InChI is InChI=1S/C10H19N3O2/c1-3-8(11)10-12-9(15-13-10)6-5-7-14-4-2/h8H,3-7,11H2,1-2H3. The first-order valence-electron chi connectivity index (χ1n) is 5.43. The summed E-state index contributed by atoms with van der Waals surface area (Å²) in [6, 6.07) is -0.116. The number of hydrogen-bond donors (Lipinski definition) is 1. The largest absolute Gasteiger partial charge is 0.382 e. The second-order valence-electron chi connectivity index (χ2n) is 3.36. The van der Waals surface area contributed by atoms with Gasteiger partial charge in [-0.3, -0.25) is 0 Å². The van der Waals surface area contributed by atoms with Crippen LogP contribution < -0.4 is 5.73 Å². The summed E-state index contributed by atoms with van der Waals surface area (Å²) in [6.45, 7) is 5.45. The summed E-state index contributed by atoms with van der Waals surface area (Å²) >= 11 is 0. The molecule has 0 radical (unpaired) electrons. The van der Waals surface area contributed by atoms with E-state index in [-0.39, 0.29) is 6.04 Å². The molecule has 0 spiro atoms. The maximum absolute atomic E-state index is 5.77. The van der Waals surface area contributed by atoms with Crippen molar-refractivity contribution >= 4 is 0 Å². The van der Waals surface area contributed by atoms with E-state index in [2.05, 4.69) is 10.1 Å². The second-order valence-corrected chi connectivity index (χ2v) is 3.36. The lowest BCUT2D eigenvalue weighted by Gasteiger charge is -1.99. The summed E-state index contributed by atoms with van der Waals surface area (Å²) in [7, 11) is 0. The zero-order valence-electron chi connectivity index (χ0n) is 9.40. The minimum absolute atomic E-state index is 0.116. The molecule has 0 bridgehead atoms. The predicted octanol–water partition coefficient (Wildman–Crippen LogP) is 1.45. The Labute approximate surface area is 90.0 Å². The van der Waals surface area contributed by atoms with Gasteiger partial charge >= 0.3 is 0 Å². The lowest BCUT2D eigenvalue weighted by atomic mass is 10.2. The summed E-state index contributed by atoms with van der Waals surface area (Å²) < 4.78 is 10.3. The molecule has 0 saturated carbocycles. The van der Waals surface area contributed by atoms with Gasteiger partial charge < -0.3 is 15.0 Å². The van der Waals surface area contributed by atoms with Crippen LogP contribution >= 0.6 is 0 Å². The van der Waals surface area contributed by atoms with E-state index in [0.717, 1.165) is 32.5 Å². The van der Waals surface area contributed by atoms with Crippen molar-refractivity contribution < 1.29 is 9.26 Å². The normalized spacial score (nSPS) is 13.0. The third kappa shape index (κ3) is 3.97. The van der Waals surface area contributed by atoms with Gasteiger partial charge in [-0.1, -0.05) is 12.1 Å². The first-order valence-corrected chi connectivity index (χ1v) is 5.43. The number of aryl methyl sites for hydroxylation is 1. The summed E-state index contributed by atoms with van der Waals surface area (Å²) in [5, 5.41) is 3.83. The Bertz CT molecular complexity index is 275. The van der Waals surface area contributed by atoms with E-state index in [1.165, 1.54) is 0 Å². The van der Waals surface area contributed by atoms with Gasteiger partial charge in [0, 0.05) is 19.6 Å². The first-order chi connectivity index (χ1) is 7.27. The molecule has 1 heterocycles. The van der Waals surface area contributed by atoms with Crippen molar-refractivity contribution in [1.29, 1.82) is 0 Å². The molecule has 86 valence electrons. The highest BCUT2D eigenvalue weighted by atomic mass is 16.5. The van der Waals surface area contributed by atoms with Crippen LogP contribution in [0.15, 0.2) is 4.52 Å². The molecular weight excluding hydrogens is 194 g/mol. The summed E-state index contributed by atoms with van der Waals surface area (Å²) in [5.41, 5.74) is 5.77. The topological polar surface area (TPSA) is 74.2 Å². The lowest BCUT2D eigenvalue weighted by molar-refractivity contribution is 0.143. The van der Waals surface area contributed by atoms with Crippen molar-refractivity contribution in [2.45, 2.75) is 39.2 Å². The highest BCUT2D eigenvalue weighted by Crippen LogP contribution is 2.10. The third-order valence-electron chi connectivity index (χ3n) is 2.14. The number of aromatic nitrogens is 2. The predicted molar refractivity (Wildman–Crippen MR) is 56.3 cm³/mol. The number of nitrogens with two attached hydrogens (primary N) is 1. The average Bonchev–Trinajstić information content (AvgIpc) is 2.72. The molecule has 15 heavy (non-hydrogen) atoms. The summed E-state index contributed by atoms with van der Waals surface area (Å²) in [5.74, 6) is 1.25. The van der Waals surface area contributed by atoms with E-state index in [0.29, 0.717) is 11.7 Å². The van der Waals surface area contributed by atoms with Gasteiger partial charge in [0.2, 0.25) is 5.89 Å². The Morgan fingerprint density at radius 2 is 2.27 bits per heavy atom. The Kier molecular flexibility index (Phi) is 5.28. The fourth-order valence-corrected chi connectivity index (χ4v) is 1.17. The average molecular weight is 213 g/mol. The Morgan fingerprint density at radius 3 is 2.93 bits per heavy atom. The Hall–Kier alpha value is -0.940. The molecule has 5 nitrogen and oxygen atoms in total. The Morgan fingerprint density at radius 1 is 1.47 bits per heavy atom. The van der Waals surface area contributed by atoms with Gasteiger partial charge in [0.05, 0.1) is 6.04 Å². The second kappa shape index (κ2) is 6.53. The molecule has 0 saturated heterocycles. The SMILES string of the molecule is CCOCCCc1nc(C(N)CC)no1. The van der Waals surface area contributed by atoms with Crippen molar-refractivity contribution in [3.8, 4) is 0 Å². The molecule has 1 rings (SSSR count). The number of hydrogen-bond acceptors (Lipinski definition) is 5. The highest BCUT2D eigenvalue weighted by Gasteiger charge is 2.11. The maximum Gasteiger partial charge on any atom is 0.226 e. The molecular formula is C10H19N3O2. The smallest absolute Gasteiger partial charge is 0.226 e. The van der Waals surface area contributed by atoms with Gasteiger partial charge in [-0.25, -0.2) is 0 Å². The van der Waals surface area contributed by atoms with Crippen LogP contribution in [0.25, 0.3) is 0 Å². The van der Waals surface area contributed by atoms with Crippen LogP contribution in [0.4, 0.5) is 0 Å². The zero-order chi connectivity index (χ0) is 11.1. The van der Waals surface area contributed by atoms with Crippen molar-refractivity contribution in [3.63, 3.8) is 0 Å². The summed E-state index contributed by atoms with van der Waals surface area (Å²) in [4.78, 5) is 4.22. The molecule has 1 aromatic heterocycles. The van der Waals surface area contributed by atoms with E-state index >= 15 is 0 Å². The van der Waals surface area contributed by atoms with Crippen LogP contribution in [0.5, 0.6) is 0 Å². The van der Waals surface area contributed by atoms with Gasteiger partial charge in [-0.2, -0.15) is 4.98 Å². The van der Waals surface area contributed by atoms with Crippen LogP contribution in [0.1, 0.15) is 44.4 Å². The molecule has 1 unspecified atom stereocenters. The quantitative estimate of drug-likeness (QED) is 0.694. The van der Waals surface area contributed by atoms with E-state index in [9.17, 15) is 0 Å². The minimum atomic E-state index is -0.116. The molecule has 0 aliphatic heterocycles. The van der Waals surface area contributed by atoms with Gasteiger partial charge in [-0.05, 0) is 19.8 Å². The third-order valence-corrected chi connectivity index (χ3v) is 2.14. The molecule has 0 aliphatic carbocycles.